The molecular formula is C58H107NO5. The second kappa shape index (κ2) is 51.8. The maximum Gasteiger partial charge on any atom is 0.306 e. The van der Waals surface area contributed by atoms with Crippen LogP contribution in [0.25, 0.3) is 0 Å². The van der Waals surface area contributed by atoms with Crippen LogP contribution in [-0.4, -0.2) is 46.9 Å². The highest BCUT2D eigenvalue weighted by molar-refractivity contribution is 5.77. The fourth-order valence-electron chi connectivity index (χ4n) is 8.48. The largest absolute Gasteiger partial charge is 0.462 e. The van der Waals surface area contributed by atoms with Crippen LogP contribution in [0.15, 0.2) is 48.6 Å². The minimum Gasteiger partial charge on any atom is -0.462 e. The lowest BCUT2D eigenvalue weighted by Gasteiger charge is -2.24. The normalized spacial score (nSPS) is 13.5. The maximum absolute atomic E-state index is 13.2. The van der Waals surface area contributed by atoms with Crippen LogP contribution in [0.4, 0.5) is 0 Å². The van der Waals surface area contributed by atoms with Crippen LogP contribution < -0.4 is 5.32 Å². The van der Waals surface area contributed by atoms with E-state index in [4.69, 9.17) is 4.74 Å². The van der Waals surface area contributed by atoms with Crippen molar-refractivity contribution in [2.24, 2.45) is 0 Å². The molecule has 374 valence electrons. The van der Waals surface area contributed by atoms with Gasteiger partial charge in [0.1, 0.15) is 6.10 Å². The maximum atomic E-state index is 13.2. The predicted octanol–water partition coefficient (Wildman–Crippen LogP) is 17.0. The van der Waals surface area contributed by atoms with Crippen molar-refractivity contribution in [2.75, 3.05) is 6.61 Å². The number of carbonyl (C=O) groups is 2. The molecule has 3 unspecified atom stereocenters. The number of carbonyl (C=O) groups excluding carboxylic acids is 2. The van der Waals surface area contributed by atoms with Gasteiger partial charge in [-0.05, 0) is 64.2 Å². The summed E-state index contributed by atoms with van der Waals surface area (Å²) < 4.78 is 5.94. The second-order valence-electron chi connectivity index (χ2n) is 19.0. The Balaban J connectivity index is 4.60. The summed E-state index contributed by atoms with van der Waals surface area (Å²) in [5.41, 5.74) is 0. The van der Waals surface area contributed by atoms with Gasteiger partial charge < -0.3 is 20.3 Å². The Labute approximate surface area is 397 Å². The van der Waals surface area contributed by atoms with Crippen LogP contribution in [0.2, 0.25) is 0 Å². The summed E-state index contributed by atoms with van der Waals surface area (Å²) in [7, 11) is 0. The Hall–Kier alpha value is -2.18. The molecule has 0 spiro atoms. The van der Waals surface area contributed by atoms with Crippen LogP contribution >= 0.6 is 0 Å². The first-order chi connectivity index (χ1) is 31.5. The van der Waals surface area contributed by atoms with Crippen molar-refractivity contribution >= 4 is 11.9 Å². The average Bonchev–Trinajstić information content (AvgIpc) is 3.29. The van der Waals surface area contributed by atoms with Crippen molar-refractivity contribution in [3.8, 4) is 0 Å². The summed E-state index contributed by atoms with van der Waals surface area (Å²) >= 11 is 0. The Morgan fingerprint density at radius 1 is 0.469 bits per heavy atom. The van der Waals surface area contributed by atoms with E-state index in [1.54, 1.807) is 0 Å². The number of amides is 1. The lowest BCUT2D eigenvalue weighted by molar-refractivity contribution is -0.151. The van der Waals surface area contributed by atoms with Gasteiger partial charge in [-0.25, -0.2) is 0 Å². The van der Waals surface area contributed by atoms with Gasteiger partial charge in [-0.15, -0.1) is 0 Å². The van der Waals surface area contributed by atoms with Gasteiger partial charge in [-0.3, -0.25) is 9.59 Å². The molecule has 0 saturated heterocycles. The fraction of sp³-hybridized carbons (Fsp3) is 0.828. The Bertz CT molecular complexity index is 1100. The first kappa shape index (κ1) is 61.8. The van der Waals surface area contributed by atoms with Crippen molar-refractivity contribution in [3.05, 3.63) is 48.6 Å². The Morgan fingerprint density at radius 3 is 1.27 bits per heavy atom. The van der Waals surface area contributed by atoms with E-state index in [1.807, 2.05) is 0 Å². The molecule has 0 aromatic carbocycles. The molecule has 0 bridgehead atoms. The molecule has 6 nitrogen and oxygen atoms in total. The number of aliphatic hydroxyl groups excluding tert-OH is 2. The third-order valence-corrected chi connectivity index (χ3v) is 12.7. The van der Waals surface area contributed by atoms with E-state index < -0.39 is 18.2 Å². The molecule has 0 fully saturated rings. The van der Waals surface area contributed by atoms with Crippen molar-refractivity contribution in [1.29, 1.82) is 0 Å². The molecular weight excluding hydrogens is 791 g/mol. The highest BCUT2D eigenvalue weighted by atomic mass is 16.5. The van der Waals surface area contributed by atoms with Crippen LogP contribution in [-0.2, 0) is 14.3 Å². The van der Waals surface area contributed by atoms with E-state index in [-0.39, 0.29) is 24.9 Å². The number of esters is 1. The number of ether oxygens (including phenoxy) is 1. The molecule has 64 heavy (non-hydrogen) atoms. The average molecular weight is 898 g/mol. The molecule has 0 aliphatic rings. The molecule has 3 atom stereocenters. The predicted molar refractivity (Wildman–Crippen MR) is 278 cm³/mol. The lowest BCUT2D eigenvalue weighted by Crippen LogP contribution is -2.46. The summed E-state index contributed by atoms with van der Waals surface area (Å²) in [6, 6.07) is -0.706. The van der Waals surface area contributed by atoms with Crippen LogP contribution in [0.1, 0.15) is 284 Å². The van der Waals surface area contributed by atoms with E-state index in [1.165, 1.54) is 154 Å². The number of allylic oxidation sites excluding steroid dienone is 8. The highest BCUT2D eigenvalue weighted by Crippen LogP contribution is 2.18. The summed E-state index contributed by atoms with van der Waals surface area (Å²) in [5.74, 6) is -0.498. The molecule has 0 rings (SSSR count). The third kappa shape index (κ3) is 46.4. The van der Waals surface area contributed by atoms with E-state index in [9.17, 15) is 19.8 Å². The van der Waals surface area contributed by atoms with Gasteiger partial charge >= 0.3 is 5.97 Å². The third-order valence-electron chi connectivity index (χ3n) is 12.7. The fourth-order valence-corrected chi connectivity index (χ4v) is 8.48. The standard InChI is InChI=1S/C58H107NO5/c1-4-7-10-13-16-19-22-25-27-29-30-32-34-37-40-43-46-49-54(64-58(63)51-48-45-42-39-36-33-31-28-26-23-20-17-14-11-8-5-2)52-57(62)59-55(53-60)56(61)50-47-44-41-38-35-24-21-18-15-12-9-6-3/h8,11,17,20,26,28,33,36,54-56,60-61H,4-7,9-10,12-16,18-19,21-25,27,29-32,34-35,37-53H2,1-3H3,(H,59,62)/b11-8+,20-17+,28-26+,36-33+. The quantitative estimate of drug-likeness (QED) is 0.0321. The minimum atomic E-state index is -0.792. The van der Waals surface area contributed by atoms with E-state index in [0.717, 1.165) is 83.5 Å². The van der Waals surface area contributed by atoms with Crippen molar-refractivity contribution in [1.82, 2.24) is 5.32 Å². The number of hydrogen-bond donors (Lipinski definition) is 3. The van der Waals surface area contributed by atoms with Gasteiger partial charge in [0.2, 0.25) is 5.91 Å². The van der Waals surface area contributed by atoms with E-state index >= 15 is 0 Å². The topological polar surface area (TPSA) is 95.9 Å². The van der Waals surface area contributed by atoms with Gasteiger partial charge in [0.05, 0.1) is 25.2 Å². The Morgan fingerprint density at radius 2 is 0.844 bits per heavy atom. The van der Waals surface area contributed by atoms with Crippen molar-refractivity contribution in [2.45, 2.75) is 302 Å². The molecule has 0 aromatic rings. The molecule has 6 heteroatoms. The molecule has 3 N–H and O–H groups in total. The van der Waals surface area contributed by atoms with Gasteiger partial charge in [0.25, 0.3) is 0 Å². The zero-order chi connectivity index (χ0) is 46.7. The first-order valence-electron chi connectivity index (χ1n) is 27.9. The zero-order valence-corrected chi connectivity index (χ0v) is 42.7. The summed E-state index contributed by atoms with van der Waals surface area (Å²) in [6.07, 6.45) is 63.2. The molecule has 0 aliphatic carbocycles. The first-order valence-corrected chi connectivity index (χ1v) is 27.9. The number of rotatable bonds is 50. The summed E-state index contributed by atoms with van der Waals surface area (Å²) in [4.78, 5) is 26.2. The van der Waals surface area contributed by atoms with Crippen LogP contribution in [0.3, 0.4) is 0 Å². The van der Waals surface area contributed by atoms with Crippen LogP contribution in [0, 0.1) is 0 Å². The molecule has 0 aromatic heterocycles. The van der Waals surface area contributed by atoms with Gasteiger partial charge in [-0.1, -0.05) is 256 Å². The van der Waals surface area contributed by atoms with Crippen molar-refractivity contribution < 1.29 is 24.5 Å². The van der Waals surface area contributed by atoms with E-state index in [2.05, 4.69) is 74.7 Å². The Kier molecular flexibility index (Phi) is 50.0. The smallest absolute Gasteiger partial charge is 0.306 e. The molecule has 0 heterocycles. The summed E-state index contributed by atoms with van der Waals surface area (Å²) in [6.45, 7) is 6.39. The molecule has 1 amide bonds. The van der Waals surface area contributed by atoms with Gasteiger partial charge in [-0.2, -0.15) is 0 Å². The number of aliphatic hydroxyl groups is 2. The monoisotopic (exact) mass is 898 g/mol. The number of nitrogens with one attached hydrogen (secondary N) is 1. The second-order valence-corrected chi connectivity index (χ2v) is 19.0. The number of hydrogen-bond acceptors (Lipinski definition) is 5. The van der Waals surface area contributed by atoms with Gasteiger partial charge in [0.15, 0.2) is 0 Å². The highest BCUT2D eigenvalue weighted by Gasteiger charge is 2.24. The lowest BCUT2D eigenvalue weighted by atomic mass is 10.0. The zero-order valence-electron chi connectivity index (χ0n) is 42.7. The molecule has 0 radical (unpaired) electrons. The SMILES string of the molecule is CC/C=C/C/C=C/C/C=C/C/C=C/CCCCCC(=O)OC(CCCCCCCCCCCCCCCCCCC)CC(=O)NC(CO)C(O)CCCCCCCCCCCCCC. The van der Waals surface area contributed by atoms with Crippen LogP contribution in [0.5, 0.6) is 0 Å². The minimum absolute atomic E-state index is 0.0677. The van der Waals surface area contributed by atoms with E-state index in [0.29, 0.717) is 19.3 Å². The number of unbranched alkanes of at least 4 members (excludes halogenated alkanes) is 30. The van der Waals surface area contributed by atoms with Gasteiger partial charge in [0, 0.05) is 6.42 Å². The summed E-state index contributed by atoms with van der Waals surface area (Å²) in [5, 5.41) is 23.8. The van der Waals surface area contributed by atoms with Crippen molar-refractivity contribution in [3.63, 3.8) is 0 Å². The molecule has 0 aliphatic heterocycles. The molecule has 0 saturated carbocycles.